The van der Waals surface area contributed by atoms with Crippen LogP contribution in [-0.4, -0.2) is 9.55 Å². The Morgan fingerprint density at radius 3 is 2.20 bits per heavy atom. The standard InChI is InChI=1S/C44H37N4O.Pt/c1-30-31(2)47(29-46(30)35-16-11-15-33(25-35)32-13-7-6-8-14-32)36-17-12-18-37(27-36)49-38-21-22-40-39-19-9-10-20-41(39)48(42(40)28-38)43-26-34(23-24-45-43)44(3,4)5;/h6-26,29H,1-5H3;/q-3;. The van der Waals surface area contributed by atoms with E-state index in [0.29, 0.717) is 11.5 Å². The second kappa shape index (κ2) is 13.3. The summed E-state index contributed by atoms with van der Waals surface area (Å²) in [5, 5.41) is 2.25. The van der Waals surface area contributed by atoms with Gasteiger partial charge in [0.25, 0.3) is 0 Å². The van der Waals surface area contributed by atoms with Crippen LogP contribution < -0.4 is 14.5 Å². The average Bonchev–Trinajstić information content (AvgIpc) is 3.61. The number of pyridine rings is 1. The van der Waals surface area contributed by atoms with Gasteiger partial charge in [-0.25, -0.2) is 4.98 Å². The van der Waals surface area contributed by atoms with E-state index in [0.717, 1.165) is 50.4 Å². The van der Waals surface area contributed by atoms with Crippen molar-refractivity contribution in [2.75, 3.05) is 9.80 Å². The number of para-hydroxylation sites is 1. The van der Waals surface area contributed by atoms with Gasteiger partial charge in [0.2, 0.25) is 0 Å². The fourth-order valence-electron chi connectivity index (χ4n) is 6.54. The van der Waals surface area contributed by atoms with Gasteiger partial charge in [0.1, 0.15) is 5.82 Å². The van der Waals surface area contributed by atoms with Gasteiger partial charge >= 0.3 is 0 Å². The molecule has 0 amide bonds. The van der Waals surface area contributed by atoms with E-state index in [-0.39, 0.29) is 26.5 Å². The smallest absolute Gasteiger partial charge is 0.135 e. The van der Waals surface area contributed by atoms with Crippen molar-refractivity contribution in [2.45, 2.75) is 40.0 Å². The Balaban J connectivity index is 0.00000392. The molecule has 6 heteroatoms. The van der Waals surface area contributed by atoms with Crippen LogP contribution in [0, 0.1) is 18.8 Å². The van der Waals surface area contributed by atoms with Crippen LogP contribution in [0.1, 0.15) is 40.2 Å². The summed E-state index contributed by atoms with van der Waals surface area (Å²) in [7, 11) is 0. The normalized spacial score (nSPS) is 13.3. The largest absolute Gasteiger partial charge is 0.509 e. The van der Waals surface area contributed by atoms with Crippen LogP contribution in [0.15, 0.2) is 139 Å². The molecule has 0 radical (unpaired) electrons. The summed E-state index contributed by atoms with van der Waals surface area (Å²) in [6, 6.07) is 49.0. The zero-order valence-electron chi connectivity index (χ0n) is 28.7. The zero-order valence-corrected chi connectivity index (χ0v) is 31.0. The van der Waals surface area contributed by atoms with Crippen LogP contribution in [0.5, 0.6) is 11.5 Å². The summed E-state index contributed by atoms with van der Waals surface area (Å²) in [4.78, 5) is 9.20. The molecule has 1 aliphatic heterocycles. The van der Waals surface area contributed by atoms with Gasteiger partial charge in [0, 0.05) is 61.4 Å². The predicted molar refractivity (Wildman–Crippen MR) is 201 cm³/mol. The summed E-state index contributed by atoms with van der Waals surface area (Å²) in [6.45, 7) is 13.1. The van der Waals surface area contributed by atoms with Gasteiger partial charge in [-0.3, -0.25) is 0 Å². The first kappa shape index (κ1) is 33.4. The molecule has 3 heterocycles. The molecule has 8 rings (SSSR count). The average molecular weight is 833 g/mol. The second-order valence-electron chi connectivity index (χ2n) is 13.5. The van der Waals surface area contributed by atoms with Crippen LogP contribution >= 0.6 is 0 Å². The van der Waals surface area contributed by atoms with Crippen molar-refractivity contribution in [3.05, 3.63) is 163 Å². The molecule has 0 aliphatic carbocycles. The number of ether oxygens (including phenoxy) is 1. The van der Waals surface area contributed by atoms with Crippen LogP contribution in [-0.2, 0) is 26.5 Å². The fraction of sp³-hybridized carbons (Fsp3) is 0.136. The fourth-order valence-corrected chi connectivity index (χ4v) is 6.54. The maximum Gasteiger partial charge on any atom is 0.135 e. The number of fused-ring (bicyclic) bond motifs is 3. The van der Waals surface area contributed by atoms with Crippen molar-refractivity contribution in [1.29, 1.82) is 0 Å². The molecule has 0 spiro atoms. The van der Waals surface area contributed by atoms with Crippen molar-refractivity contribution < 1.29 is 25.8 Å². The molecule has 1 aliphatic rings. The van der Waals surface area contributed by atoms with Crippen LogP contribution in [0.4, 0.5) is 11.4 Å². The molecule has 0 unspecified atom stereocenters. The molecule has 0 atom stereocenters. The molecule has 0 N–H and O–H groups in total. The van der Waals surface area contributed by atoms with E-state index in [4.69, 9.17) is 9.72 Å². The van der Waals surface area contributed by atoms with E-state index in [2.05, 4.69) is 165 Å². The summed E-state index contributed by atoms with van der Waals surface area (Å²) < 4.78 is 8.66. The number of hydrogen-bond acceptors (Lipinski definition) is 4. The molecule has 0 bridgehead atoms. The van der Waals surface area contributed by atoms with Gasteiger partial charge in [-0.1, -0.05) is 87.0 Å². The number of rotatable bonds is 6. The maximum absolute atomic E-state index is 6.47. The van der Waals surface area contributed by atoms with E-state index in [1.807, 2.05) is 30.5 Å². The van der Waals surface area contributed by atoms with E-state index in [9.17, 15) is 0 Å². The molecule has 2 aromatic heterocycles. The van der Waals surface area contributed by atoms with Crippen LogP contribution in [0.25, 0.3) is 38.8 Å². The second-order valence-corrected chi connectivity index (χ2v) is 13.5. The Morgan fingerprint density at radius 1 is 0.660 bits per heavy atom. The van der Waals surface area contributed by atoms with Crippen LogP contribution in [0.3, 0.4) is 0 Å². The Kier molecular flexibility index (Phi) is 8.88. The summed E-state index contributed by atoms with van der Waals surface area (Å²) in [5.41, 5.74) is 9.89. The molecule has 5 nitrogen and oxygen atoms in total. The van der Waals surface area contributed by atoms with Crippen LogP contribution in [0.2, 0.25) is 0 Å². The van der Waals surface area contributed by atoms with Crippen molar-refractivity contribution in [3.8, 4) is 28.4 Å². The monoisotopic (exact) mass is 832 g/mol. The molecule has 0 saturated carbocycles. The van der Waals surface area contributed by atoms with Gasteiger partial charge < -0.3 is 19.1 Å². The number of aromatic nitrogens is 2. The quantitative estimate of drug-likeness (QED) is 0.156. The molecule has 5 aromatic carbocycles. The molecule has 0 fully saturated rings. The van der Waals surface area contributed by atoms with Gasteiger partial charge in [0.05, 0.1) is 0 Å². The molecule has 0 saturated heterocycles. The third kappa shape index (κ3) is 6.12. The van der Waals surface area contributed by atoms with Gasteiger partial charge in [-0.05, 0) is 71.7 Å². The zero-order chi connectivity index (χ0) is 33.7. The minimum Gasteiger partial charge on any atom is -0.509 e. The van der Waals surface area contributed by atoms with E-state index < -0.39 is 0 Å². The topological polar surface area (TPSA) is 33.5 Å². The predicted octanol–water partition coefficient (Wildman–Crippen LogP) is 11.2. The first-order chi connectivity index (χ1) is 23.7. The minimum atomic E-state index is -0.00261. The molecular weight excluding hydrogens is 796 g/mol. The Labute approximate surface area is 308 Å². The number of hydrogen-bond donors (Lipinski definition) is 0. The van der Waals surface area contributed by atoms with E-state index in [1.165, 1.54) is 16.7 Å². The van der Waals surface area contributed by atoms with Crippen molar-refractivity contribution in [1.82, 2.24) is 9.55 Å². The first-order valence-corrected chi connectivity index (χ1v) is 16.6. The SMILES string of the molecule is CC1=C(C)N(c2cccc(-c3ccccc3)c2)[CH-]N1c1[c-]c(Oc2[c-]c3c(cc2)c2ccccc2n3-c2cc(C(C)(C)C)ccn2)ccc1.[Pt]. The van der Waals surface area contributed by atoms with Crippen molar-refractivity contribution >= 4 is 33.2 Å². The molecule has 7 aromatic rings. The van der Waals surface area contributed by atoms with E-state index in [1.54, 1.807) is 0 Å². The third-order valence-electron chi connectivity index (χ3n) is 9.34. The first-order valence-electron chi connectivity index (χ1n) is 16.6. The van der Waals surface area contributed by atoms with Gasteiger partial charge in [-0.2, -0.15) is 12.1 Å². The summed E-state index contributed by atoms with van der Waals surface area (Å²) in [6.07, 6.45) is 1.89. The number of anilines is 2. The number of nitrogens with zero attached hydrogens (tertiary/aromatic N) is 4. The maximum atomic E-state index is 6.47. The van der Waals surface area contributed by atoms with Gasteiger partial charge in [0.15, 0.2) is 0 Å². The molecule has 252 valence electrons. The molecular formula is C44H37N4OPt-3. The summed E-state index contributed by atoms with van der Waals surface area (Å²) >= 11 is 0. The minimum absolute atomic E-state index is 0. The van der Waals surface area contributed by atoms with Gasteiger partial charge in [-0.15, -0.1) is 48.1 Å². The Morgan fingerprint density at radius 2 is 1.38 bits per heavy atom. The number of allylic oxidation sites excluding steroid dienone is 2. The third-order valence-corrected chi connectivity index (χ3v) is 9.34. The number of benzene rings is 5. The Bertz CT molecular complexity index is 2370. The van der Waals surface area contributed by atoms with Crippen molar-refractivity contribution in [3.63, 3.8) is 0 Å². The van der Waals surface area contributed by atoms with Crippen molar-refractivity contribution in [2.24, 2.45) is 0 Å². The summed E-state index contributed by atoms with van der Waals surface area (Å²) in [5.74, 6) is 2.10. The Hall–Kier alpha value is -5.12. The van der Waals surface area contributed by atoms with E-state index >= 15 is 0 Å². The molecule has 50 heavy (non-hydrogen) atoms.